The van der Waals surface area contributed by atoms with E-state index in [1.165, 1.54) is 0 Å². The van der Waals surface area contributed by atoms with Gasteiger partial charge in [0.05, 0.1) is 0 Å². The molecule has 0 unspecified atom stereocenters. The topological polar surface area (TPSA) is 70.8 Å². The first kappa shape index (κ1) is 13.6. The minimum Gasteiger partial charge on any atom is -0.444 e. The van der Waals surface area contributed by atoms with E-state index in [-0.39, 0.29) is 6.09 Å². The van der Waals surface area contributed by atoms with Crippen LogP contribution in [-0.2, 0) is 4.74 Å². The highest BCUT2D eigenvalue weighted by Crippen LogP contribution is 2.22. The van der Waals surface area contributed by atoms with Gasteiger partial charge in [0.2, 0.25) is 0 Å². The summed E-state index contributed by atoms with van der Waals surface area (Å²) >= 11 is 0. The average molecular weight is 256 g/mol. The van der Waals surface area contributed by atoms with Crippen LogP contribution in [0.3, 0.4) is 0 Å². The van der Waals surface area contributed by atoms with Crippen molar-refractivity contribution in [2.45, 2.75) is 44.9 Å². The highest BCUT2D eigenvalue weighted by atomic mass is 16.6. The third kappa shape index (κ3) is 3.13. The molecule has 0 aliphatic carbocycles. The minimum absolute atomic E-state index is 0.195. The molecule has 0 bridgehead atoms. The van der Waals surface area contributed by atoms with Gasteiger partial charge in [-0.2, -0.15) is 0 Å². The Balaban J connectivity index is 1.77. The molecule has 3 N–H and O–H groups in total. The largest absolute Gasteiger partial charge is 0.444 e. The van der Waals surface area contributed by atoms with Crippen LogP contribution < -0.4 is 11.3 Å². The molecule has 0 aromatic carbocycles. The normalized spacial score (nSPS) is 26.2. The number of likely N-dealkylation sites (tertiary alicyclic amines) is 2. The Bertz CT molecular complexity index is 310. The van der Waals surface area contributed by atoms with Crippen molar-refractivity contribution < 1.29 is 9.53 Å². The van der Waals surface area contributed by atoms with Crippen molar-refractivity contribution in [2.75, 3.05) is 26.2 Å². The Kier molecular flexibility index (Phi) is 3.79. The second-order valence-corrected chi connectivity index (χ2v) is 6.19. The number of carbonyl (C=O) groups excluding carboxylic acids is 1. The molecule has 0 aromatic rings. The fourth-order valence-corrected chi connectivity index (χ4v) is 2.45. The zero-order valence-corrected chi connectivity index (χ0v) is 11.5. The van der Waals surface area contributed by atoms with E-state index in [1.807, 2.05) is 20.8 Å². The third-order valence-corrected chi connectivity index (χ3v) is 3.48. The van der Waals surface area contributed by atoms with E-state index in [1.54, 1.807) is 4.90 Å². The van der Waals surface area contributed by atoms with Gasteiger partial charge < -0.3 is 9.64 Å². The quantitative estimate of drug-likeness (QED) is 0.543. The molecule has 18 heavy (non-hydrogen) atoms. The van der Waals surface area contributed by atoms with Gasteiger partial charge in [-0.05, 0) is 27.2 Å². The van der Waals surface area contributed by atoms with Crippen molar-refractivity contribution in [3.63, 3.8) is 0 Å². The molecule has 2 rings (SSSR count). The number of rotatable bonds is 2. The number of amides is 1. The molecule has 0 aromatic heterocycles. The Labute approximate surface area is 108 Å². The summed E-state index contributed by atoms with van der Waals surface area (Å²) in [7, 11) is 0. The van der Waals surface area contributed by atoms with Crippen LogP contribution in [0.2, 0.25) is 0 Å². The number of ether oxygens (including phenoxy) is 1. The number of nitrogens with zero attached hydrogens (tertiary/aromatic N) is 2. The molecule has 2 aliphatic rings. The summed E-state index contributed by atoms with van der Waals surface area (Å²) in [6, 6.07) is 0.864. The summed E-state index contributed by atoms with van der Waals surface area (Å²) in [6.45, 7) is 9.19. The monoisotopic (exact) mass is 256 g/mol. The van der Waals surface area contributed by atoms with Gasteiger partial charge in [-0.1, -0.05) is 0 Å². The van der Waals surface area contributed by atoms with Crippen molar-refractivity contribution in [3.8, 4) is 0 Å². The van der Waals surface area contributed by atoms with Crippen LogP contribution in [0.25, 0.3) is 0 Å². The van der Waals surface area contributed by atoms with Crippen molar-refractivity contribution >= 4 is 6.09 Å². The van der Waals surface area contributed by atoms with Crippen molar-refractivity contribution in [3.05, 3.63) is 0 Å². The minimum atomic E-state index is -0.416. The Hall–Kier alpha value is -0.850. The lowest BCUT2D eigenvalue weighted by atomic mass is 10.1. The van der Waals surface area contributed by atoms with E-state index < -0.39 is 5.60 Å². The molecular formula is C12H24N4O2. The Morgan fingerprint density at radius 2 is 2.00 bits per heavy atom. The standard InChI is InChI=1S/C12H24N4O2/c1-12(2,3)18-11(17)15-5-4-10(8-15)16-6-9(7-16)14-13/h9-10,14H,4-8,13H2,1-3H3/t10-/m1/s1. The SMILES string of the molecule is CC(C)(C)OC(=O)N1CC[C@@H](N2CC(NN)C2)C1. The summed E-state index contributed by atoms with van der Waals surface area (Å²) < 4.78 is 5.38. The summed E-state index contributed by atoms with van der Waals surface area (Å²) in [5.41, 5.74) is 2.36. The number of hydrogen-bond acceptors (Lipinski definition) is 5. The summed E-state index contributed by atoms with van der Waals surface area (Å²) in [4.78, 5) is 16.1. The predicted octanol–water partition coefficient (Wildman–Crippen LogP) is 0.143. The predicted molar refractivity (Wildman–Crippen MR) is 68.9 cm³/mol. The molecule has 2 fully saturated rings. The molecule has 1 atom stereocenters. The van der Waals surface area contributed by atoms with Gasteiger partial charge in [0.1, 0.15) is 5.60 Å². The van der Waals surface area contributed by atoms with Crippen molar-refractivity contribution in [2.24, 2.45) is 5.84 Å². The lowest BCUT2D eigenvalue weighted by Gasteiger charge is -2.42. The molecule has 1 amide bonds. The van der Waals surface area contributed by atoms with E-state index >= 15 is 0 Å². The second-order valence-electron chi connectivity index (χ2n) is 6.19. The summed E-state index contributed by atoms with van der Waals surface area (Å²) in [6.07, 6.45) is 0.829. The fraction of sp³-hybridized carbons (Fsp3) is 0.917. The fourth-order valence-electron chi connectivity index (χ4n) is 2.45. The number of carbonyl (C=O) groups is 1. The second kappa shape index (κ2) is 5.03. The van der Waals surface area contributed by atoms with Crippen LogP contribution in [0.4, 0.5) is 4.79 Å². The molecule has 0 radical (unpaired) electrons. The number of hydrazine groups is 1. The van der Waals surface area contributed by atoms with Gasteiger partial charge in [-0.25, -0.2) is 4.79 Å². The maximum Gasteiger partial charge on any atom is 0.410 e. The average Bonchev–Trinajstić information content (AvgIpc) is 2.62. The highest BCUT2D eigenvalue weighted by molar-refractivity contribution is 5.68. The highest BCUT2D eigenvalue weighted by Gasteiger charge is 2.37. The van der Waals surface area contributed by atoms with Gasteiger partial charge >= 0.3 is 6.09 Å². The lowest BCUT2D eigenvalue weighted by molar-refractivity contribution is 0.0254. The molecule has 6 heteroatoms. The van der Waals surface area contributed by atoms with E-state index in [0.717, 1.165) is 32.6 Å². The van der Waals surface area contributed by atoms with Gasteiger partial charge in [0.15, 0.2) is 0 Å². The Morgan fingerprint density at radius 1 is 1.33 bits per heavy atom. The molecule has 6 nitrogen and oxygen atoms in total. The van der Waals surface area contributed by atoms with E-state index in [9.17, 15) is 4.79 Å². The zero-order valence-electron chi connectivity index (χ0n) is 11.5. The summed E-state index contributed by atoms with van der Waals surface area (Å²) in [5.74, 6) is 5.38. The van der Waals surface area contributed by atoms with Gasteiger partial charge in [0.25, 0.3) is 0 Å². The van der Waals surface area contributed by atoms with E-state index in [4.69, 9.17) is 10.6 Å². The zero-order chi connectivity index (χ0) is 13.3. The van der Waals surface area contributed by atoms with Gasteiger partial charge in [0, 0.05) is 38.3 Å². The van der Waals surface area contributed by atoms with Crippen LogP contribution in [-0.4, -0.2) is 59.8 Å². The molecule has 0 saturated carbocycles. The third-order valence-electron chi connectivity index (χ3n) is 3.48. The van der Waals surface area contributed by atoms with Gasteiger partial charge in [-0.3, -0.25) is 16.2 Å². The van der Waals surface area contributed by atoms with Crippen LogP contribution >= 0.6 is 0 Å². The van der Waals surface area contributed by atoms with E-state index in [0.29, 0.717) is 12.1 Å². The van der Waals surface area contributed by atoms with Crippen LogP contribution in [0, 0.1) is 0 Å². The van der Waals surface area contributed by atoms with Crippen molar-refractivity contribution in [1.82, 2.24) is 15.2 Å². The first-order valence-corrected chi connectivity index (χ1v) is 6.57. The molecular weight excluding hydrogens is 232 g/mol. The molecule has 2 aliphatic heterocycles. The summed E-state index contributed by atoms with van der Waals surface area (Å²) in [5, 5.41) is 0. The molecule has 2 saturated heterocycles. The maximum absolute atomic E-state index is 11.9. The smallest absolute Gasteiger partial charge is 0.410 e. The molecule has 0 spiro atoms. The van der Waals surface area contributed by atoms with Crippen LogP contribution in [0.1, 0.15) is 27.2 Å². The number of nitrogens with one attached hydrogen (secondary N) is 1. The molecule has 2 heterocycles. The Morgan fingerprint density at radius 3 is 2.56 bits per heavy atom. The van der Waals surface area contributed by atoms with Crippen molar-refractivity contribution in [1.29, 1.82) is 0 Å². The molecule has 104 valence electrons. The number of hydrogen-bond donors (Lipinski definition) is 2. The van der Waals surface area contributed by atoms with Gasteiger partial charge in [-0.15, -0.1) is 0 Å². The first-order chi connectivity index (χ1) is 8.39. The lowest BCUT2D eigenvalue weighted by Crippen LogP contribution is -2.63. The van der Waals surface area contributed by atoms with Crippen LogP contribution in [0.15, 0.2) is 0 Å². The first-order valence-electron chi connectivity index (χ1n) is 6.57. The number of nitrogens with two attached hydrogens (primary N) is 1. The van der Waals surface area contributed by atoms with E-state index in [2.05, 4.69) is 10.3 Å². The van der Waals surface area contributed by atoms with Crippen LogP contribution in [0.5, 0.6) is 0 Å². The maximum atomic E-state index is 11.9.